The Labute approximate surface area is 182 Å². The van der Waals surface area contributed by atoms with Crippen LogP contribution in [0.1, 0.15) is 38.3 Å². The van der Waals surface area contributed by atoms with Gasteiger partial charge in [-0.05, 0) is 37.6 Å². The summed E-state index contributed by atoms with van der Waals surface area (Å²) >= 11 is 6.16. The minimum Gasteiger partial charge on any atom is -0.496 e. The number of nitrogens with one attached hydrogen (secondary N) is 2. The van der Waals surface area contributed by atoms with Crippen molar-refractivity contribution in [3.63, 3.8) is 0 Å². The van der Waals surface area contributed by atoms with E-state index >= 15 is 0 Å². The second-order valence-corrected chi connectivity index (χ2v) is 8.84. The van der Waals surface area contributed by atoms with Crippen LogP contribution < -0.4 is 19.5 Å². The number of hydrogen-bond acceptors (Lipinski definition) is 5. The lowest BCUT2D eigenvalue weighted by Gasteiger charge is -2.17. The molecule has 0 spiro atoms. The molecule has 9 heteroatoms. The van der Waals surface area contributed by atoms with Crippen LogP contribution in [0, 0.1) is 0 Å². The number of halogens is 1. The second kappa shape index (κ2) is 11.2. The molecule has 0 saturated heterocycles. The van der Waals surface area contributed by atoms with E-state index in [1.54, 1.807) is 7.11 Å². The van der Waals surface area contributed by atoms with Gasteiger partial charge < -0.3 is 14.8 Å². The monoisotopic (exact) mass is 454 g/mol. The van der Waals surface area contributed by atoms with E-state index in [1.165, 1.54) is 18.2 Å². The first-order valence-electron chi connectivity index (χ1n) is 9.62. The highest BCUT2D eigenvalue weighted by molar-refractivity contribution is 7.89. The summed E-state index contributed by atoms with van der Waals surface area (Å²) in [6.45, 7) is 3.91. The zero-order chi connectivity index (χ0) is 22.1. The van der Waals surface area contributed by atoms with Gasteiger partial charge in [-0.3, -0.25) is 4.79 Å². The van der Waals surface area contributed by atoms with Crippen LogP contribution in [0.3, 0.4) is 0 Å². The van der Waals surface area contributed by atoms with E-state index in [1.807, 2.05) is 38.1 Å². The fourth-order valence-electron chi connectivity index (χ4n) is 2.76. The third kappa shape index (κ3) is 6.62. The van der Waals surface area contributed by atoms with Gasteiger partial charge >= 0.3 is 0 Å². The van der Waals surface area contributed by atoms with Gasteiger partial charge in [-0.2, -0.15) is 0 Å². The first kappa shape index (κ1) is 24.0. The van der Waals surface area contributed by atoms with Crippen molar-refractivity contribution in [3.05, 3.63) is 53.1 Å². The normalized spacial score (nSPS) is 12.3. The summed E-state index contributed by atoms with van der Waals surface area (Å²) in [7, 11) is -2.07. The molecule has 164 valence electrons. The molecule has 0 aromatic heterocycles. The smallest absolute Gasteiger partial charge is 0.258 e. The van der Waals surface area contributed by atoms with E-state index < -0.39 is 10.0 Å². The number of carbonyl (C=O) groups excluding carboxylic acids is 1. The molecule has 0 bridgehead atoms. The lowest BCUT2D eigenvalue weighted by atomic mass is 10.1. The Morgan fingerprint density at radius 3 is 2.57 bits per heavy atom. The lowest BCUT2D eigenvalue weighted by molar-refractivity contribution is -0.123. The second-order valence-electron chi connectivity index (χ2n) is 6.66. The van der Waals surface area contributed by atoms with E-state index in [-0.39, 0.29) is 34.2 Å². The molecule has 7 nitrogen and oxygen atoms in total. The zero-order valence-corrected chi connectivity index (χ0v) is 18.8. The van der Waals surface area contributed by atoms with Gasteiger partial charge in [0.05, 0.1) is 23.1 Å². The van der Waals surface area contributed by atoms with Crippen LogP contribution in [0.15, 0.2) is 47.4 Å². The highest BCUT2D eigenvalue weighted by Gasteiger charge is 2.17. The maximum absolute atomic E-state index is 12.3. The molecule has 0 saturated carbocycles. The van der Waals surface area contributed by atoms with Crippen LogP contribution in [0.2, 0.25) is 5.02 Å². The number of rotatable bonds is 11. The minimum atomic E-state index is -3.64. The number of unbranched alkanes of at least 4 members (excludes halogenated alkanes) is 1. The summed E-state index contributed by atoms with van der Waals surface area (Å²) in [5.74, 6) is 0.560. The number of sulfonamides is 1. The zero-order valence-electron chi connectivity index (χ0n) is 17.3. The van der Waals surface area contributed by atoms with E-state index in [0.29, 0.717) is 12.3 Å². The van der Waals surface area contributed by atoms with Crippen molar-refractivity contribution in [2.75, 3.05) is 20.3 Å². The minimum absolute atomic E-state index is 0.0465. The fraction of sp³-hybridized carbons (Fsp3) is 0.381. The third-order valence-corrected chi connectivity index (χ3v) is 6.13. The number of para-hydroxylation sites is 1. The Balaban J connectivity index is 1.96. The number of methoxy groups -OCH3 is 1. The molecule has 0 fully saturated rings. The molecule has 1 atom stereocenters. The van der Waals surface area contributed by atoms with E-state index in [4.69, 9.17) is 21.1 Å². The van der Waals surface area contributed by atoms with Gasteiger partial charge in [0.2, 0.25) is 10.0 Å². The summed E-state index contributed by atoms with van der Waals surface area (Å²) in [6, 6.07) is 11.3. The average molecular weight is 455 g/mol. The fourth-order valence-corrected chi connectivity index (χ4v) is 4.16. The Kier molecular flexibility index (Phi) is 8.95. The average Bonchev–Trinajstić information content (AvgIpc) is 2.72. The molecular weight excluding hydrogens is 428 g/mol. The summed E-state index contributed by atoms with van der Waals surface area (Å²) in [4.78, 5) is 12.3. The van der Waals surface area contributed by atoms with Crippen molar-refractivity contribution in [1.82, 2.24) is 10.0 Å². The maximum Gasteiger partial charge on any atom is 0.258 e. The third-order valence-electron chi connectivity index (χ3n) is 4.38. The molecule has 0 aliphatic carbocycles. The first-order chi connectivity index (χ1) is 14.3. The molecule has 30 heavy (non-hydrogen) atoms. The van der Waals surface area contributed by atoms with E-state index in [9.17, 15) is 13.2 Å². The van der Waals surface area contributed by atoms with Crippen LogP contribution in [-0.4, -0.2) is 34.6 Å². The van der Waals surface area contributed by atoms with Crippen LogP contribution >= 0.6 is 11.6 Å². The molecule has 1 amide bonds. The molecule has 2 aromatic carbocycles. The van der Waals surface area contributed by atoms with Crippen LogP contribution in [0.5, 0.6) is 11.5 Å². The molecule has 0 aliphatic heterocycles. The lowest BCUT2D eigenvalue weighted by Crippen LogP contribution is -2.31. The van der Waals surface area contributed by atoms with Crippen molar-refractivity contribution in [1.29, 1.82) is 0 Å². The predicted octanol–water partition coefficient (Wildman–Crippen LogP) is 3.68. The van der Waals surface area contributed by atoms with Crippen LogP contribution in [0.4, 0.5) is 0 Å². The molecule has 0 unspecified atom stereocenters. The molecule has 2 rings (SSSR count). The van der Waals surface area contributed by atoms with Crippen LogP contribution in [-0.2, 0) is 14.8 Å². The molecule has 0 heterocycles. The highest BCUT2D eigenvalue weighted by Crippen LogP contribution is 2.28. The van der Waals surface area contributed by atoms with Gasteiger partial charge in [-0.1, -0.05) is 43.1 Å². The summed E-state index contributed by atoms with van der Waals surface area (Å²) in [6.07, 6.45) is 1.63. The van der Waals surface area contributed by atoms with Gasteiger partial charge in [-0.25, -0.2) is 13.1 Å². The topological polar surface area (TPSA) is 93.7 Å². The van der Waals surface area contributed by atoms with Gasteiger partial charge in [0.25, 0.3) is 5.91 Å². The van der Waals surface area contributed by atoms with Gasteiger partial charge in [-0.15, -0.1) is 0 Å². The summed E-state index contributed by atoms with van der Waals surface area (Å²) < 4.78 is 37.8. The Hall–Kier alpha value is -2.29. The Bertz CT molecular complexity index is 966. The maximum atomic E-state index is 12.3. The first-order valence-corrected chi connectivity index (χ1v) is 11.5. The predicted molar refractivity (Wildman–Crippen MR) is 117 cm³/mol. The molecule has 2 aromatic rings. The molecule has 0 radical (unpaired) electrons. The quantitative estimate of drug-likeness (QED) is 0.505. The van der Waals surface area contributed by atoms with Gasteiger partial charge in [0.15, 0.2) is 6.61 Å². The molecule has 0 aliphatic rings. The summed E-state index contributed by atoms with van der Waals surface area (Å²) in [5, 5.41) is 2.94. The SMILES string of the molecule is CCCCNS(=O)(=O)c1ccc(OCC(=O)N[C@@H](C)c2ccccc2OC)c(Cl)c1. The number of benzene rings is 2. The van der Waals surface area contributed by atoms with Crippen molar-refractivity contribution in [2.24, 2.45) is 0 Å². The standard InChI is InChI=1S/C21H27ClN2O5S/c1-4-5-12-23-30(26,27)16-10-11-20(18(22)13-16)29-14-21(25)24-15(2)17-8-6-7-9-19(17)28-3/h6-11,13,15,23H,4-5,12,14H2,1-3H3,(H,24,25)/t15-/m0/s1. The number of carbonyl (C=O) groups is 1. The Morgan fingerprint density at radius 2 is 1.90 bits per heavy atom. The highest BCUT2D eigenvalue weighted by atomic mass is 35.5. The van der Waals surface area contributed by atoms with E-state index in [2.05, 4.69) is 10.0 Å². The van der Waals surface area contributed by atoms with Crippen molar-refractivity contribution < 1.29 is 22.7 Å². The van der Waals surface area contributed by atoms with Gasteiger partial charge in [0.1, 0.15) is 11.5 Å². The molecule has 2 N–H and O–H groups in total. The molecular formula is C21H27ClN2O5S. The largest absolute Gasteiger partial charge is 0.496 e. The number of ether oxygens (including phenoxy) is 2. The van der Waals surface area contributed by atoms with Crippen molar-refractivity contribution in [3.8, 4) is 11.5 Å². The number of amides is 1. The van der Waals surface area contributed by atoms with E-state index in [0.717, 1.165) is 18.4 Å². The number of hydrogen-bond donors (Lipinski definition) is 2. The van der Waals surface area contributed by atoms with Crippen molar-refractivity contribution >= 4 is 27.5 Å². The van der Waals surface area contributed by atoms with Crippen molar-refractivity contribution in [2.45, 2.75) is 37.6 Å². The van der Waals surface area contributed by atoms with Gasteiger partial charge in [0, 0.05) is 12.1 Å². The Morgan fingerprint density at radius 1 is 1.17 bits per heavy atom. The van der Waals surface area contributed by atoms with Crippen LogP contribution in [0.25, 0.3) is 0 Å². The summed E-state index contributed by atoms with van der Waals surface area (Å²) in [5.41, 5.74) is 0.844.